The number of ether oxygens (including phenoxy) is 1. The van der Waals surface area contributed by atoms with E-state index in [4.69, 9.17) is 16.3 Å². The van der Waals surface area contributed by atoms with Gasteiger partial charge < -0.3 is 14.6 Å². The van der Waals surface area contributed by atoms with Crippen molar-refractivity contribution in [3.05, 3.63) is 28.5 Å². The number of rotatable bonds is 3. The zero-order chi connectivity index (χ0) is 18.1. The fourth-order valence-corrected chi connectivity index (χ4v) is 4.90. The van der Waals surface area contributed by atoms with Crippen molar-refractivity contribution in [2.75, 3.05) is 32.8 Å². The second-order valence-electron chi connectivity index (χ2n) is 6.85. The number of aromatic amines is 1. The Morgan fingerprint density at radius 1 is 1.35 bits per heavy atom. The van der Waals surface area contributed by atoms with Gasteiger partial charge in [-0.15, -0.1) is 11.3 Å². The number of imidazole rings is 1. The number of hydrogen-bond donors (Lipinski definition) is 1. The molecule has 1 amide bonds. The first-order chi connectivity index (χ1) is 12.6. The highest BCUT2D eigenvalue weighted by atomic mass is 35.5. The van der Waals surface area contributed by atoms with Gasteiger partial charge in [0.1, 0.15) is 5.82 Å². The third-order valence-corrected chi connectivity index (χ3v) is 6.56. The van der Waals surface area contributed by atoms with Crippen LogP contribution in [-0.2, 0) is 9.53 Å². The average molecular weight is 395 g/mol. The largest absolute Gasteiger partial charge is 0.378 e. The monoisotopic (exact) mass is 394 g/mol. The lowest BCUT2D eigenvalue weighted by Crippen LogP contribution is -2.51. The molecule has 0 bridgehead atoms. The number of piperidine rings is 1. The summed E-state index contributed by atoms with van der Waals surface area (Å²) in [5.41, 5.74) is 0.994. The second-order valence-corrected chi connectivity index (χ2v) is 8.57. The van der Waals surface area contributed by atoms with E-state index >= 15 is 0 Å². The Labute approximate surface area is 162 Å². The van der Waals surface area contributed by atoms with Crippen molar-refractivity contribution in [1.29, 1.82) is 0 Å². The normalized spacial score (nSPS) is 22.7. The number of carbonyl (C=O) groups is 1. The molecule has 0 unspecified atom stereocenters. The van der Waals surface area contributed by atoms with Crippen molar-refractivity contribution in [2.45, 2.75) is 31.8 Å². The molecule has 2 aromatic rings. The quantitative estimate of drug-likeness (QED) is 0.868. The molecule has 0 radical (unpaired) electrons. The Bertz CT molecular complexity index is 769. The summed E-state index contributed by atoms with van der Waals surface area (Å²) >= 11 is 7.60. The molecule has 0 aromatic carbocycles. The minimum Gasteiger partial charge on any atom is -0.378 e. The lowest BCUT2D eigenvalue weighted by atomic mass is 10.00. The minimum absolute atomic E-state index is 0.127. The number of likely N-dealkylation sites (tertiary alicyclic amines) is 1. The number of hydrogen-bond acceptors (Lipinski definition) is 5. The Hall–Kier alpha value is -1.41. The maximum absolute atomic E-state index is 11.6. The number of morpholine rings is 1. The van der Waals surface area contributed by atoms with Crippen molar-refractivity contribution < 1.29 is 9.53 Å². The number of nitrogens with one attached hydrogen (secondary N) is 1. The molecule has 8 heteroatoms. The maximum Gasteiger partial charge on any atom is 0.219 e. The highest BCUT2D eigenvalue weighted by Gasteiger charge is 2.34. The Balaban J connectivity index is 1.49. The first kappa shape index (κ1) is 18.0. The Morgan fingerprint density at radius 3 is 2.85 bits per heavy atom. The summed E-state index contributed by atoms with van der Waals surface area (Å²) in [6, 6.07) is 4.50. The van der Waals surface area contributed by atoms with Crippen LogP contribution in [0.3, 0.4) is 0 Å². The number of H-pyrrole nitrogens is 1. The van der Waals surface area contributed by atoms with Gasteiger partial charge in [-0.2, -0.15) is 0 Å². The fourth-order valence-electron chi connectivity index (χ4n) is 3.89. The lowest BCUT2D eigenvalue weighted by Gasteiger charge is -2.43. The molecule has 26 heavy (non-hydrogen) atoms. The third kappa shape index (κ3) is 3.67. The first-order valence-electron chi connectivity index (χ1n) is 9.01. The van der Waals surface area contributed by atoms with Crippen molar-refractivity contribution in [3.63, 3.8) is 0 Å². The van der Waals surface area contributed by atoms with Gasteiger partial charge in [0.15, 0.2) is 0 Å². The summed E-state index contributed by atoms with van der Waals surface area (Å²) in [6.07, 6.45) is 3.89. The molecule has 2 aliphatic rings. The molecule has 2 aliphatic heterocycles. The summed E-state index contributed by atoms with van der Waals surface area (Å²) in [5, 5.41) is 0. The highest BCUT2D eigenvalue weighted by Crippen LogP contribution is 2.33. The van der Waals surface area contributed by atoms with E-state index in [2.05, 4.69) is 14.9 Å². The zero-order valence-corrected chi connectivity index (χ0v) is 16.4. The second kappa shape index (κ2) is 7.68. The van der Waals surface area contributed by atoms with Crippen LogP contribution in [0.2, 0.25) is 4.34 Å². The fraction of sp³-hybridized carbons (Fsp3) is 0.556. The van der Waals surface area contributed by atoms with Crippen LogP contribution in [0.4, 0.5) is 0 Å². The van der Waals surface area contributed by atoms with Crippen LogP contribution < -0.4 is 0 Å². The van der Waals surface area contributed by atoms with E-state index in [-0.39, 0.29) is 11.9 Å². The van der Waals surface area contributed by atoms with Crippen LogP contribution in [-0.4, -0.2) is 64.6 Å². The number of nitrogens with zero attached hydrogens (tertiary/aromatic N) is 3. The first-order valence-corrected chi connectivity index (χ1v) is 10.2. The van der Waals surface area contributed by atoms with Gasteiger partial charge in [-0.1, -0.05) is 11.6 Å². The van der Waals surface area contributed by atoms with Gasteiger partial charge in [-0.25, -0.2) is 4.98 Å². The highest BCUT2D eigenvalue weighted by molar-refractivity contribution is 7.19. The van der Waals surface area contributed by atoms with Gasteiger partial charge in [-0.3, -0.25) is 9.69 Å². The molecule has 4 heterocycles. The molecule has 6 nitrogen and oxygen atoms in total. The van der Waals surface area contributed by atoms with Gasteiger partial charge >= 0.3 is 0 Å². The number of carbonyl (C=O) groups excluding carboxylic acids is 1. The summed E-state index contributed by atoms with van der Waals surface area (Å²) < 4.78 is 6.53. The van der Waals surface area contributed by atoms with E-state index in [9.17, 15) is 4.79 Å². The number of halogens is 1. The van der Waals surface area contributed by atoms with Crippen LogP contribution in [0.1, 0.15) is 31.6 Å². The lowest BCUT2D eigenvalue weighted by molar-refractivity contribution is -0.131. The van der Waals surface area contributed by atoms with Gasteiger partial charge in [0.05, 0.1) is 40.4 Å². The van der Waals surface area contributed by atoms with Crippen LogP contribution in [0.5, 0.6) is 0 Å². The summed E-state index contributed by atoms with van der Waals surface area (Å²) in [5.74, 6) is 1.12. The molecule has 0 aliphatic carbocycles. The summed E-state index contributed by atoms with van der Waals surface area (Å²) in [6.45, 7) is 5.61. The summed E-state index contributed by atoms with van der Waals surface area (Å²) in [7, 11) is 0. The van der Waals surface area contributed by atoms with Gasteiger partial charge in [0, 0.05) is 32.6 Å². The standard InChI is InChI=1S/C18H23ClN4O2S/c1-12(24)22-6-4-13(5-7-22)23-8-9-25-11-15(23)18-20-10-14(21-18)16-2-3-17(19)26-16/h2-3,10,13,15H,4-9,11H2,1H3,(H,20,21)/t15-/m0/s1. The Kier molecular flexibility index (Phi) is 5.31. The summed E-state index contributed by atoms with van der Waals surface area (Å²) in [4.78, 5) is 25.2. The molecule has 2 aromatic heterocycles. The topological polar surface area (TPSA) is 61.5 Å². The number of amides is 1. The molecule has 140 valence electrons. The van der Waals surface area contributed by atoms with Crippen LogP contribution in [0.25, 0.3) is 10.6 Å². The molecule has 1 N–H and O–H groups in total. The van der Waals surface area contributed by atoms with E-state index < -0.39 is 0 Å². The van der Waals surface area contributed by atoms with Gasteiger partial charge in [0.2, 0.25) is 5.91 Å². The van der Waals surface area contributed by atoms with Crippen LogP contribution in [0.15, 0.2) is 18.3 Å². The van der Waals surface area contributed by atoms with Gasteiger partial charge in [0.25, 0.3) is 0 Å². The van der Waals surface area contributed by atoms with Crippen molar-refractivity contribution in [1.82, 2.24) is 19.8 Å². The predicted octanol–water partition coefficient (Wildman–Crippen LogP) is 3.18. The van der Waals surface area contributed by atoms with E-state index in [1.54, 1.807) is 18.3 Å². The SMILES string of the molecule is CC(=O)N1CCC(N2CCOC[C@H]2c2ncc(-c3ccc(Cl)s3)[nH]2)CC1. The van der Waals surface area contributed by atoms with Crippen LogP contribution >= 0.6 is 22.9 Å². The van der Waals surface area contributed by atoms with E-state index in [0.29, 0.717) is 12.6 Å². The third-order valence-electron chi connectivity index (χ3n) is 5.30. The molecule has 2 saturated heterocycles. The average Bonchev–Trinajstić information content (AvgIpc) is 3.31. The van der Waals surface area contributed by atoms with E-state index in [0.717, 1.165) is 59.8 Å². The Morgan fingerprint density at radius 2 is 2.15 bits per heavy atom. The number of aromatic nitrogens is 2. The molecular formula is C18H23ClN4O2S. The van der Waals surface area contributed by atoms with Crippen molar-refractivity contribution in [2.24, 2.45) is 0 Å². The zero-order valence-electron chi connectivity index (χ0n) is 14.8. The van der Waals surface area contributed by atoms with Crippen molar-refractivity contribution >= 4 is 28.8 Å². The van der Waals surface area contributed by atoms with Gasteiger partial charge in [-0.05, 0) is 25.0 Å². The number of thiophene rings is 1. The molecule has 2 fully saturated rings. The molecule has 1 atom stereocenters. The molecular weight excluding hydrogens is 372 g/mol. The van der Waals surface area contributed by atoms with E-state index in [1.165, 1.54) is 0 Å². The smallest absolute Gasteiger partial charge is 0.219 e. The van der Waals surface area contributed by atoms with Crippen molar-refractivity contribution in [3.8, 4) is 10.6 Å². The minimum atomic E-state index is 0.127. The maximum atomic E-state index is 11.6. The molecule has 0 spiro atoms. The molecule has 4 rings (SSSR count). The van der Waals surface area contributed by atoms with E-state index in [1.807, 2.05) is 23.2 Å². The van der Waals surface area contributed by atoms with Crippen LogP contribution in [0, 0.1) is 0 Å². The predicted molar refractivity (Wildman–Crippen MR) is 102 cm³/mol. The molecule has 0 saturated carbocycles.